The molecule has 2 aromatic rings. The minimum absolute atomic E-state index is 0.509. The van der Waals surface area contributed by atoms with Crippen LogP contribution >= 0.6 is 11.3 Å². The van der Waals surface area contributed by atoms with E-state index in [1.165, 1.54) is 30.6 Å². The number of hydrogen-bond donors (Lipinski definition) is 1. The number of hydrogen-bond acceptors (Lipinski definition) is 3. The zero-order valence-electron chi connectivity index (χ0n) is 12.3. The SMILES string of the molecule is CCC1CCCN(Cc2c(C(=O)O)sc3ccccc23)C1. The van der Waals surface area contributed by atoms with Crippen molar-refractivity contribution in [1.29, 1.82) is 0 Å². The van der Waals surface area contributed by atoms with Crippen LogP contribution in [0.1, 0.15) is 41.4 Å². The van der Waals surface area contributed by atoms with Crippen molar-refractivity contribution in [2.24, 2.45) is 5.92 Å². The van der Waals surface area contributed by atoms with Gasteiger partial charge in [-0.15, -0.1) is 11.3 Å². The molecular weight excluding hydrogens is 282 g/mol. The van der Waals surface area contributed by atoms with Crippen LogP contribution < -0.4 is 0 Å². The second kappa shape index (κ2) is 6.16. The fourth-order valence-corrected chi connectivity index (χ4v) is 4.33. The van der Waals surface area contributed by atoms with Gasteiger partial charge in [0.15, 0.2) is 0 Å². The number of carboxylic acids is 1. The molecule has 1 atom stereocenters. The second-order valence-electron chi connectivity index (χ2n) is 5.86. The molecule has 1 aliphatic heterocycles. The Morgan fingerprint density at radius 2 is 2.24 bits per heavy atom. The van der Waals surface area contributed by atoms with Gasteiger partial charge in [-0.3, -0.25) is 4.90 Å². The number of thiophene rings is 1. The molecule has 0 saturated carbocycles. The van der Waals surface area contributed by atoms with E-state index in [4.69, 9.17) is 0 Å². The summed E-state index contributed by atoms with van der Waals surface area (Å²) >= 11 is 1.40. The molecular formula is C17H21NO2S. The first-order chi connectivity index (χ1) is 10.2. The van der Waals surface area contributed by atoms with Crippen LogP contribution in [0.3, 0.4) is 0 Å². The largest absolute Gasteiger partial charge is 0.477 e. The quantitative estimate of drug-likeness (QED) is 0.919. The molecule has 0 radical (unpaired) electrons. The molecule has 112 valence electrons. The van der Waals surface area contributed by atoms with Crippen LogP contribution in [0.4, 0.5) is 0 Å². The zero-order chi connectivity index (χ0) is 14.8. The average molecular weight is 303 g/mol. The molecule has 21 heavy (non-hydrogen) atoms. The molecule has 1 saturated heterocycles. The maximum atomic E-state index is 11.5. The lowest BCUT2D eigenvalue weighted by Crippen LogP contribution is -2.34. The summed E-state index contributed by atoms with van der Waals surface area (Å²) in [5.41, 5.74) is 1.000. The number of benzene rings is 1. The number of rotatable bonds is 4. The molecule has 1 fully saturated rings. The van der Waals surface area contributed by atoms with Gasteiger partial charge in [0.2, 0.25) is 0 Å². The second-order valence-corrected chi connectivity index (χ2v) is 6.91. The normalized spacial score (nSPS) is 20.0. The predicted molar refractivity (Wildman–Crippen MR) is 87.1 cm³/mol. The van der Waals surface area contributed by atoms with Crippen LogP contribution in [0, 0.1) is 5.92 Å². The third-order valence-corrected chi connectivity index (χ3v) is 5.66. The Morgan fingerprint density at radius 3 is 3.00 bits per heavy atom. The molecule has 0 spiro atoms. The molecule has 1 aliphatic rings. The van der Waals surface area contributed by atoms with Gasteiger partial charge in [0, 0.05) is 17.8 Å². The highest BCUT2D eigenvalue weighted by Crippen LogP contribution is 2.33. The van der Waals surface area contributed by atoms with Gasteiger partial charge >= 0.3 is 5.97 Å². The third kappa shape index (κ3) is 2.97. The fourth-order valence-electron chi connectivity index (χ4n) is 3.28. The first-order valence-corrected chi connectivity index (χ1v) is 8.46. The Morgan fingerprint density at radius 1 is 1.43 bits per heavy atom. The molecule has 1 N–H and O–H groups in total. The molecule has 1 aromatic carbocycles. The van der Waals surface area contributed by atoms with E-state index in [9.17, 15) is 9.90 Å². The molecule has 0 bridgehead atoms. The number of likely N-dealkylation sites (tertiary alicyclic amines) is 1. The maximum absolute atomic E-state index is 11.5. The van der Waals surface area contributed by atoms with Gasteiger partial charge in [0.05, 0.1) is 0 Å². The van der Waals surface area contributed by atoms with E-state index >= 15 is 0 Å². The van der Waals surface area contributed by atoms with E-state index in [0.29, 0.717) is 4.88 Å². The van der Waals surface area contributed by atoms with Crippen molar-refractivity contribution in [2.45, 2.75) is 32.7 Å². The van der Waals surface area contributed by atoms with E-state index in [2.05, 4.69) is 17.9 Å². The van der Waals surface area contributed by atoms with E-state index in [1.54, 1.807) is 0 Å². The van der Waals surface area contributed by atoms with Gasteiger partial charge in [0.1, 0.15) is 4.88 Å². The van der Waals surface area contributed by atoms with Gasteiger partial charge < -0.3 is 5.11 Å². The van der Waals surface area contributed by atoms with E-state index < -0.39 is 5.97 Å². The summed E-state index contributed by atoms with van der Waals surface area (Å²) in [7, 11) is 0. The van der Waals surface area contributed by atoms with Crippen LogP contribution in [0.15, 0.2) is 24.3 Å². The summed E-state index contributed by atoms with van der Waals surface area (Å²) in [4.78, 5) is 14.5. The summed E-state index contributed by atoms with van der Waals surface area (Å²) in [6.07, 6.45) is 3.75. The van der Waals surface area contributed by atoms with Crippen molar-refractivity contribution in [1.82, 2.24) is 4.90 Å². The highest BCUT2D eigenvalue weighted by Gasteiger charge is 2.23. The maximum Gasteiger partial charge on any atom is 0.346 e. The highest BCUT2D eigenvalue weighted by atomic mass is 32.1. The van der Waals surface area contributed by atoms with Crippen LogP contribution in [-0.4, -0.2) is 29.1 Å². The van der Waals surface area contributed by atoms with Crippen molar-refractivity contribution in [3.05, 3.63) is 34.7 Å². The molecule has 3 nitrogen and oxygen atoms in total. The van der Waals surface area contributed by atoms with Crippen LogP contribution in [0.25, 0.3) is 10.1 Å². The summed E-state index contributed by atoms with van der Waals surface area (Å²) in [6, 6.07) is 8.04. The number of fused-ring (bicyclic) bond motifs is 1. The summed E-state index contributed by atoms with van der Waals surface area (Å²) in [6.45, 7) is 5.19. The predicted octanol–water partition coefficient (Wildman–Crippen LogP) is 4.22. The van der Waals surface area contributed by atoms with E-state index in [1.807, 2.05) is 18.2 Å². The number of carboxylic acid groups (broad SMARTS) is 1. The topological polar surface area (TPSA) is 40.5 Å². The Bertz CT molecular complexity index is 649. The molecule has 1 aromatic heterocycles. The third-order valence-electron chi connectivity index (χ3n) is 4.45. The van der Waals surface area contributed by atoms with Crippen molar-refractivity contribution in [2.75, 3.05) is 13.1 Å². The van der Waals surface area contributed by atoms with Crippen molar-refractivity contribution < 1.29 is 9.90 Å². The van der Waals surface area contributed by atoms with Crippen molar-refractivity contribution in [3.63, 3.8) is 0 Å². The number of aromatic carboxylic acids is 1. The number of piperidine rings is 1. The van der Waals surface area contributed by atoms with Gasteiger partial charge in [0.25, 0.3) is 0 Å². The molecule has 2 heterocycles. The molecule has 0 aliphatic carbocycles. The Hall–Kier alpha value is -1.39. The lowest BCUT2D eigenvalue weighted by Gasteiger charge is -2.32. The van der Waals surface area contributed by atoms with Gasteiger partial charge in [-0.1, -0.05) is 31.5 Å². The number of carbonyl (C=O) groups is 1. The first kappa shape index (κ1) is 14.5. The molecule has 0 amide bonds. The smallest absolute Gasteiger partial charge is 0.346 e. The highest BCUT2D eigenvalue weighted by molar-refractivity contribution is 7.21. The minimum Gasteiger partial charge on any atom is -0.477 e. The van der Waals surface area contributed by atoms with Crippen LogP contribution in [0.2, 0.25) is 0 Å². The van der Waals surface area contributed by atoms with Crippen LogP contribution in [-0.2, 0) is 6.54 Å². The fraction of sp³-hybridized carbons (Fsp3) is 0.471. The Kier molecular flexibility index (Phi) is 4.27. The van der Waals surface area contributed by atoms with Crippen molar-refractivity contribution in [3.8, 4) is 0 Å². The average Bonchev–Trinajstić information content (AvgIpc) is 2.87. The summed E-state index contributed by atoms with van der Waals surface area (Å²) < 4.78 is 1.08. The van der Waals surface area contributed by atoms with Crippen molar-refractivity contribution >= 4 is 27.4 Å². The lowest BCUT2D eigenvalue weighted by atomic mass is 9.95. The zero-order valence-corrected chi connectivity index (χ0v) is 13.2. The lowest BCUT2D eigenvalue weighted by molar-refractivity contribution is 0.0699. The summed E-state index contributed by atoms with van der Waals surface area (Å²) in [5.74, 6) is -0.0350. The van der Waals surface area contributed by atoms with Gasteiger partial charge in [-0.05, 0) is 42.3 Å². The standard InChI is InChI=1S/C17H21NO2S/c1-2-12-6-5-9-18(10-12)11-14-13-7-3-4-8-15(13)21-16(14)17(19)20/h3-4,7-8,12H,2,5-6,9-11H2,1H3,(H,19,20). The Labute approximate surface area is 129 Å². The Balaban J connectivity index is 1.91. The summed E-state index contributed by atoms with van der Waals surface area (Å²) in [5, 5.41) is 10.6. The number of nitrogens with zero attached hydrogens (tertiary/aromatic N) is 1. The monoisotopic (exact) mass is 303 g/mol. The molecule has 3 rings (SSSR count). The van der Waals surface area contributed by atoms with Crippen LogP contribution in [0.5, 0.6) is 0 Å². The molecule has 1 unspecified atom stereocenters. The van der Waals surface area contributed by atoms with E-state index in [-0.39, 0.29) is 0 Å². The molecule has 4 heteroatoms. The van der Waals surface area contributed by atoms with Gasteiger partial charge in [-0.2, -0.15) is 0 Å². The van der Waals surface area contributed by atoms with Gasteiger partial charge in [-0.25, -0.2) is 4.79 Å². The first-order valence-electron chi connectivity index (χ1n) is 7.65. The minimum atomic E-state index is -0.796. The van der Waals surface area contributed by atoms with E-state index in [0.717, 1.165) is 41.2 Å².